The third kappa shape index (κ3) is 4.53. The number of nitrogens with one attached hydrogen (secondary N) is 1. The summed E-state index contributed by atoms with van der Waals surface area (Å²) in [6.07, 6.45) is -1.45. The second-order valence-corrected chi connectivity index (χ2v) is 8.86. The second-order valence-electron chi connectivity index (χ2n) is 8.45. The van der Waals surface area contributed by atoms with E-state index in [1.807, 2.05) is 38.1 Å². The number of aliphatic hydroxyl groups excluding tert-OH is 3. The molecule has 1 aliphatic heterocycles. The summed E-state index contributed by atoms with van der Waals surface area (Å²) in [7, 11) is 0. The number of H-pyrrole nitrogens is 1. The standard InChI is InChI=1S/C22H26ClN3O5/c1-22(2,11-28)13-5-3-12(4-6-13)19-15(23)8-16-20(25-19)26-21(24-16)31-14-7-17(29)18(9-27)30-10-14/h3-6,8,14,17-18,27-29H,7,9-11H2,1-2H3,(H,24,25,26)/t14-,17+,18?/m1/s1. The Hall–Kier alpha value is -2.23. The van der Waals surface area contributed by atoms with E-state index in [1.54, 1.807) is 6.07 Å². The molecule has 8 nitrogen and oxygen atoms in total. The molecule has 1 fully saturated rings. The van der Waals surface area contributed by atoms with Crippen molar-refractivity contribution in [3.8, 4) is 17.3 Å². The Labute approximate surface area is 184 Å². The normalized spacial score (nSPS) is 22.1. The van der Waals surface area contributed by atoms with Gasteiger partial charge in [-0.15, -0.1) is 0 Å². The molecule has 4 rings (SSSR count). The first-order chi connectivity index (χ1) is 14.8. The number of aromatic amines is 1. The summed E-state index contributed by atoms with van der Waals surface area (Å²) in [5.74, 6) is 0. The van der Waals surface area contributed by atoms with Crippen molar-refractivity contribution < 1.29 is 24.8 Å². The second kappa shape index (κ2) is 8.72. The summed E-state index contributed by atoms with van der Waals surface area (Å²) in [4.78, 5) is 12.0. The van der Waals surface area contributed by atoms with Crippen LogP contribution in [0.3, 0.4) is 0 Å². The lowest BCUT2D eigenvalue weighted by molar-refractivity contribution is -0.131. The van der Waals surface area contributed by atoms with Gasteiger partial charge in [0.05, 0.1) is 42.2 Å². The quantitative estimate of drug-likeness (QED) is 0.458. The third-order valence-corrected chi connectivity index (χ3v) is 5.92. The largest absolute Gasteiger partial charge is 0.459 e. The molecule has 2 aromatic heterocycles. The number of hydrogen-bond acceptors (Lipinski definition) is 7. The first kappa shape index (κ1) is 22.0. The minimum Gasteiger partial charge on any atom is -0.459 e. The Morgan fingerprint density at radius 1 is 1.23 bits per heavy atom. The van der Waals surface area contributed by atoms with E-state index in [0.717, 1.165) is 11.1 Å². The monoisotopic (exact) mass is 447 g/mol. The first-order valence-corrected chi connectivity index (χ1v) is 10.5. The Balaban J connectivity index is 1.55. The number of nitrogens with zero attached hydrogens (tertiary/aromatic N) is 2. The van der Waals surface area contributed by atoms with Gasteiger partial charge in [-0.1, -0.05) is 49.7 Å². The zero-order valence-corrected chi connectivity index (χ0v) is 18.1. The van der Waals surface area contributed by atoms with E-state index >= 15 is 0 Å². The van der Waals surface area contributed by atoms with Crippen molar-refractivity contribution in [1.29, 1.82) is 0 Å². The molecule has 0 aliphatic carbocycles. The van der Waals surface area contributed by atoms with Crippen LogP contribution < -0.4 is 4.74 Å². The van der Waals surface area contributed by atoms with E-state index in [4.69, 9.17) is 26.2 Å². The molecule has 1 saturated heterocycles. The minimum absolute atomic E-state index is 0.0527. The molecule has 0 spiro atoms. The molecule has 0 bridgehead atoms. The van der Waals surface area contributed by atoms with Crippen LogP contribution in [0.15, 0.2) is 30.3 Å². The van der Waals surface area contributed by atoms with E-state index in [9.17, 15) is 10.2 Å². The molecule has 0 radical (unpaired) electrons. The van der Waals surface area contributed by atoms with E-state index < -0.39 is 18.3 Å². The Morgan fingerprint density at radius 3 is 2.61 bits per heavy atom. The van der Waals surface area contributed by atoms with Crippen LogP contribution >= 0.6 is 11.6 Å². The van der Waals surface area contributed by atoms with E-state index in [1.165, 1.54) is 0 Å². The first-order valence-electron chi connectivity index (χ1n) is 10.2. The van der Waals surface area contributed by atoms with Crippen LogP contribution in [0.1, 0.15) is 25.8 Å². The average molecular weight is 448 g/mol. The van der Waals surface area contributed by atoms with Crippen molar-refractivity contribution in [2.24, 2.45) is 0 Å². The van der Waals surface area contributed by atoms with E-state index in [2.05, 4.69) is 15.0 Å². The fourth-order valence-corrected chi connectivity index (χ4v) is 3.83. The fourth-order valence-electron chi connectivity index (χ4n) is 3.57. The Bertz CT molecular complexity index is 1050. The number of benzene rings is 1. The van der Waals surface area contributed by atoms with E-state index in [0.29, 0.717) is 28.3 Å². The summed E-state index contributed by atoms with van der Waals surface area (Å²) in [5.41, 5.74) is 3.22. The summed E-state index contributed by atoms with van der Waals surface area (Å²) in [6, 6.07) is 9.78. The van der Waals surface area contributed by atoms with Gasteiger partial charge in [-0.2, -0.15) is 4.98 Å². The number of aromatic nitrogens is 3. The maximum Gasteiger partial charge on any atom is 0.296 e. The molecule has 3 heterocycles. The average Bonchev–Trinajstić information content (AvgIpc) is 3.14. The summed E-state index contributed by atoms with van der Waals surface area (Å²) >= 11 is 6.48. The number of imidazole rings is 1. The van der Waals surface area contributed by atoms with Crippen LogP contribution in [0.25, 0.3) is 22.4 Å². The highest BCUT2D eigenvalue weighted by Gasteiger charge is 2.31. The molecule has 4 N–H and O–H groups in total. The van der Waals surface area contributed by atoms with Gasteiger partial charge < -0.3 is 29.8 Å². The number of ether oxygens (including phenoxy) is 2. The summed E-state index contributed by atoms with van der Waals surface area (Å²) in [5, 5.41) is 29.2. The number of pyridine rings is 1. The van der Waals surface area contributed by atoms with Crippen LogP contribution in [-0.4, -0.2) is 68.4 Å². The molecule has 3 atom stereocenters. The van der Waals surface area contributed by atoms with Gasteiger partial charge in [-0.3, -0.25) is 0 Å². The van der Waals surface area contributed by atoms with Crippen molar-refractivity contribution in [3.63, 3.8) is 0 Å². The topological polar surface area (TPSA) is 121 Å². The lowest BCUT2D eigenvalue weighted by Crippen LogP contribution is -2.45. The van der Waals surface area contributed by atoms with Gasteiger partial charge in [0.25, 0.3) is 6.01 Å². The molecule has 1 unspecified atom stereocenters. The van der Waals surface area contributed by atoms with Gasteiger partial charge in [0.15, 0.2) is 5.65 Å². The molecular formula is C22H26ClN3O5. The Morgan fingerprint density at radius 2 is 1.97 bits per heavy atom. The Kier molecular flexibility index (Phi) is 6.18. The van der Waals surface area contributed by atoms with Crippen LogP contribution in [0.2, 0.25) is 5.02 Å². The molecule has 3 aromatic rings. The molecule has 31 heavy (non-hydrogen) atoms. The van der Waals surface area contributed by atoms with Crippen LogP contribution in [0.5, 0.6) is 6.01 Å². The maximum atomic E-state index is 10.0. The van der Waals surface area contributed by atoms with E-state index in [-0.39, 0.29) is 31.2 Å². The number of fused-ring (bicyclic) bond motifs is 1. The van der Waals surface area contributed by atoms with Gasteiger partial charge in [-0.25, -0.2) is 4.98 Å². The lowest BCUT2D eigenvalue weighted by atomic mass is 9.85. The summed E-state index contributed by atoms with van der Waals surface area (Å²) in [6.45, 7) is 4.02. The van der Waals surface area contributed by atoms with Gasteiger partial charge in [0.2, 0.25) is 0 Å². The molecule has 0 amide bonds. The lowest BCUT2D eigenvalue weighted by Gasteiger charge is -2.31. The molecular weight excluding hydrogens is 422 g/mol. The van der Waals surface area contributed by atoms with Crippen LogP contribution in [-0.2, 0) is 10.2 Å². The molecule has 166 valence electrons. The zero-order valence-electron chi connectivity index (χ0n) is 17.4. The smallest absolute Gasteiger partial charge is 0.296 e. The number of halogens is 1. The maximum absolute atomic E-state index is 10.0. The van der Waals surface area contributed by atoms with Crippen molar-refractivity contribution >= 4 is 22.8 Å². The number of aliphatic hydroxyl groups is 3. The highest BCUT2D eigenvalue weighted by molar-refractivity contribution is 6.33. The van der Waals surface area contributed by atoms with Crippen molar-refractivity contribution in [2.45, 2.75) is 44.0 Å². The fraction of sp³-hybridized carbons (Fsp3) is 0.455. The van der Waals surface area contributed by atoms with Crippen LogP contribution in [0, 0.1) is 0 Å². The summed E-state index contributed by atoms with van der Waals surface area (Å²) < 4.78 is 11.2. The minimum atomic E-state index is -0.800. The SMILES string of the molecule is CC(C)(CO)c1ccc(-c2nc3nc(O[C@H]4COC(CO)[C@@H](O)C4)[nH]c3cc2Cl)cc1. The predicted octanol–water partition coefficient (Wildman–Crippen LogP) is 2.44. The number of hydrogen-bond donors (Lipinski definition) is 4. The molecule has 9 heteroatoms. The highest BCUT2D eigenvalue weighted by Crippen LogP contribution is 2.32. The zero-order chi connectivity index (χ0) is 22.2. The van der Waals surface area contributed by atoms with Gasteiger partial charge in [-0.05, 0) is 11.6 Å². The van der Waals surface area contributed by atoms with Crippen molar-refractivity contribution in [3.05, 3.63) is 40.9 Å². The predicted molar refractivity (Wildman–Crippen MR) is 116 cm³/mol. The molecule has 1 aliphatic rings. The van der Waals surface area contributed by atoms with Crippen molar-refractivity contribution in [2.75, 3.05) is 19.8 Å². The van der Waals surface area contributed by atoms with Gasteiger partial charge in [0.1, 0.15) is 12.2 Å². The van der Waals surface area contributed by atoms with Crippen molar-refractivity contribution in [1.82, 2.24) is 15.0 Å². The van der Waals surface area contributed by atoms with Gasteiger partial charge >= 0.3 is 0 Å². The third-order valence-electron chi connectivity index (χ3n) is 5.63. The molecule has 1 aromatic carbocycles. The molecule has 0 saturated carbocycles. The van der Waals surface area contributed by atoms with Gasteiger partial charge in [0, 0.05) is 17.4 Å². The van der Waals surface area contributed by atoms with Crippen LogP contribution in [0.4, 0.5) is 0 Å². The number of rotatable bonds is 6. The highest BCUT2D eigenvalue weighted by atomic mass is 35.5.